The highest BCUT2D eigenvalue weighted by Crippen LogP contribution is 2.18. The zero-order chi connectivity index (χ0) is 17.3. The molecule has 0 aliphatic carbocycles. The van der Waals surface area contributed by atoms with Gasteiger partial charge >= 0.3 is 0 Å². The van der Waals surface area contributed by atoms with Crippen LogP contribution in [-0.4, -0.2) is 30.5 Å². The second-order valence-electron chi connectivity index (χ2n) is 5.77. The van der Waals surface area contributed by atoms with Crippen molar-refractivity contribution in [3.63, 3.8) is 0 Å². The molecule has 3 rings (SSSR count). The van der Waals surface area contributed by atoms with Gasteiger partial charge in [0.25, 0.3) is 5.91 Å². The average Bonchev–Trinajstić information content (AvgIpc) is 3.09. The summed E-state index contributed by atoms with van der Waals surface area (Å²) in [7, 11) is 3.72. The van der Waals surface area contributed by atoms with Crippen molar-refractivity contribution in [1.82, 2.24) is 29.9 Å². The van der Waals surface area contributed by atoms with Crippen LogP contribution >= 0.6 is 0 Å². The molecule has 3 aromatic heterocycles. The molecule has 124 valence electrons. The number of hydrogen-bond acceptors (Lipinski definition) is 4. The molecule has 0 bridgehead atoms. The molecular formula is C17H20N6O. The third kappa shape index (κ3) is 2.92. The molecule has 0 atom stereocenters. The van der Waals surface area contributed by atoms with Crippen molar-refractivity contribution >= 4 is 5.91 Å². The summed E-state index contributed by atoms with van der Waals surface area (Å²) in [6, 6.07) is 3.94. The fraction of sp³-hybridized carbons (Fsp3) is 0.294. The van der Waals surface area contributed by atoms with E-state index >= 15 is 0 Å². The molecule has 0 aliphatic heterocycles. The van der Waals surface area contributed by atoms with Gasteiger partial charge in [0.15, 0.2) is 0 Å². The minimum Gasteiger partial charge on any atom is -0.348 e. The SMILES string of the molecule is Cc1nn(C)c(C)c1C(=O)NCc1cncc(-c2ccnn2C)c1. The van der Waals surface area contributed by atoms with E-state index in [0.717, 1.165) is 28.2 Å². The van der Waals surface area contributed by atoms with Gasteiger partial charge in [-0.2, -0.15) is 10.2 Å². The number of carbonyl (C=O) groups is 1. The highest BCUT2D eigenvalue weighted by Gasteiger charge is 2.17. The lowest BCUT2D eigenvalue weighted by Crippen LogP contribution is -2.24. The van der Waals surface area contributed by atoms with Crippen molar-refractivity contribution < 1.29 is 4.79 Å². The van der Waals surface area contributed by atoms with Crippen LogP contribution in [0.3, 0.4) is 0 Å². The molecule has 0 aliphatic rings. The Labute approximate surface area is 140 Å². The summed E-state index contributed by atoms with van der Waals surface area (Å²) < 4.78 is 3.51. The van der Waals surface area contributed by atoms with Gasteiger partial charge in [-0.1, -0.05) is 0 Å². The van der Waals surface area contributed by atoms with Gasteiger partial charge in [-0.15, -0.1) is 0 Å². The Balaban J connectivity index is 1.75. The van der Waals surface area contributed by atoms with E-state index in [1.54, 1.807) is 28.0 Å². The molecule has 7 heteroatoms. The average molecular weight is 324 g/mol. The molecule has 3 aromatic rings. The lowest BCUT2D eigenvalue weighted by Gasteiger charge is -2.08. The predicted octanol–water partition coefficient (Wildman–Crippen LogP) is 1.76. The zero-order valence-corrected chi connectivity index (χ0v) is 14.2. The maximum absolute atomic E-state index is 12.4. The molecule has 0 radical (unpaired) electrons. The summed E-state index contributed by atoms with van der Waals surface area (Å²) in [5, 5.41) is 11.4. The quantitative estimate of drug-likeness (QED) is 0.793. The summed E-state index contributed by atoms with van der Waals surface area (Å²) in [5.41, 5.74) is 5.10. The first-order valence-electron chi connectivity index (χ1n) is 7.68. The number of rotatable bonds is 4. The van der Waals surface area contributed by atoms with Crippen molar-refractivity contribution in [2.75, 3.05) is 0 Å². The summed E-state index contributed by atoms with van der Waals surface area (Å²) >= 11 is 0. The maximum Gasteiger partial charge on any atom is 0.255 e. The number of nitrogens with one attached hydrogen (secondary N) is 1. The minimum atomic E-state index is -0.121. The molecule has 0 aromatic carbocycles. The summed E-state index contributed by atoms with van der Waals surface area (Å²) in [6.45, 7) is 4.14. The standard InChI is InChI=1S/C17H20N6O/c1-11-16(12(2)22(3)21-11)17(24)19-9-13-7-14(10-18-8-13)15-5-6-20-23(15)4/h5-8,10H,9H2,1-4H3,(H,19,24). The molecule has 0 spiro atoms. The molecule has 7 nitrogen and oxygen atoms in total. The highest BCUT2D eigenvalue weighted by molar-refractivity contribution is 5.96. The number of carbonyl (C=O) groups excluding carboxylic acids is 1. The normalized spacial score (nSPS) is 10.8. The lowest BCUT2D eigenvalue weighted by molar-refractivity contribution is 0.0949. The smallest absolute Gasteiger partial charge is 0.255 e. The molecule has 1 N–H and O–H groups in total. The van der Waals surface area contributed by atoms with Gasteiger partial charge in [-0.05, 0) is 31.5 Å². The molecule has 3 heterocycles. The van der Waals surface area contributed by atoms with Crippen molar-refractivity contribution in [3.8, 4) is 11.3 Å². The molecule has 0 saturated carbocycles. The second-order valence-corrected chi connectivity index (χ2v) is 5.77. The Morgan fingerprint density at radius 2 is 2.00 bits per heavy atom. The maximum atomic E-state index is 12.4. The molecular weight excluding hydrogens is 304 g/mol. The van der Waals surface area contributed by atoms with E-state index in [2.05, 4.69) is 20.5 Å². The largest absolute Gasteiger partial charge is 0.348 e. The van der Waals surface area contributed by atoms with Crippen LogP contribution in [0.5, 0.6) is 0 Å². The van der Waals surface area contributed by atoms with E-state index in [1.165, 1.54) is 0 Å². The van der Waals surface area contributed by atoms with Gasteiger partial charge in [0, 0.05) is 50.5 Å². The van der Waals surface area contributed by atoms with Gasteiger partial charge in [-0.25, -0.2) is 0 Å². The van der Waals surface area contributed by atoms with Gasteiger partial charge in [0.1, 0.15) is 0 Å². The monoisotopic (exact) mass is 324 g/mol. The Hall–Kier alpha value is -2.96. The number of aromatic nitrogens is 5. The van der Waals surface area contributed by atoms with Gasteiger partial charge in [-0.3, -0.25) is 19.1 Å². The van der Waals surface area contributed by atoms with Crippen LogP contribution < -0.4 is 5.32 Å². The van der Waals surface area contributed by atoms with E-state index in [0.29, 0.717) is 12.1 Å². The fourth-order valence-corrected chi connectivity index (χ4v) is 2.75. The Morgan fingerprint density at radius 1 is 1.21 bits per heavy atom. The first-order valence-corrected chi connectivity index (χ1v) is 7.68. The van der Waals surface area contributed by atoms with Crippen molar-refractivity contribution in [2.45, 2.75) is 20.4 Å². The zero-order valence-electron chi connectivity index (χ0n) is 14.2. The van der Waals surface area contributed by atoms with Crippen LogP contribution in [0.1, 0.15) is 27.3 Å². The van der Waals surface area contributed by atoms with Crippen molar-refractivity contribution in [1.29, 1.82) is 0 Å². The topological polar surface area (TPSA) is 77.6 Å². The van der Waals surface area contributed by atoms with Crippen LogP contribution in [-0.2, 0) is 20.6 Å². The van der Waals surface area contributed by atoms with E-state index in [4.69, 9.17) is 0 Å². The van der Waals surface area contributed by atoms with Gasteiger partial charge in [0.05, 0.1) is 17.0 Å². The van der Waals surface area contributed by atoms with E-state index < -0.39 is 0 Å². The number of hydrogen-bond donors (Lipinski definition) is 1. The highest BCUT2D eigenvalue weighted by atomic mass is 16.1. The Kier molecular flexibility index (Phi) is 4.16. The predicted molar refractivity (Wildman–Crippen MR) is 90.3 cm³/mol. The summed E-state index contributed by atoms with van der Waals surface area (Å²) in [5.74, 6) is -0.121. The number of nitrogens with zero attached hydrogens (tertiary/aromatic N) is 5. The molecule has 0 fully saturated rings. The van der Waals surface area contributed by atoms with Gasteiger partial charge in [0.2, 0.25) is 0 Å². The number of aryl methyl sites for hydroxylation is 3. The minimum absolute atomic E-state index is 0.121. The van der Waals surface area contributed by atoms with E-state index in [1.807, 2.05) is 40.1 Å². The third-order valence-electron chi connectivity index (χ3n) is 4.10. The fourth-order valence-electron chi connectivity index (χ4n) is 2.75. The van der Waals surface area contributed by atoms with Crippen LogP contribution in [0.4, 0.5) is 0 Å². The summed E-state index contributed by atoms with van der Waals surface area (Å²) in [6.07, 6.45) is 5.29. The summed E-state index contributed by atoms with van der Waals surface area (Å²) in [4.78, 5) is 16.7. The van der Waals surface area contributed by atoms with Crippen LogP contribution in [0.25, 0.3) is 11.3 Å². The number of pyridine rings is 1. The molecule has 24 heavy (non-hydrogen) atoms. The lowest BCUT2D eigenvalue weighted by atomic mass is 10.1. The van der Waals surface area contributed by atoms with E-state index in [-0.39, 0.29) is 5.91 Å². The van der Waals surface area contributed by atoms with Crippen LogP contribution in [0, 0.1) is 13.8 Å². The molecule has 1 amide bonds. The van der Waals surface area contributed by atoms with Gasteiger partial charge < -0.3 is 5.32 Å². The number of amides is 1. The Bertz CT molecular complexity index is 892. The van der Waals surface area contributed by atoms with Crippen LogP contribution in [0.2, 0.25) is 0 Å². The molecule has 0 unspecified atom stereocenters. The van der Waals surface area contributed by atoms with Crippen molar-refractivity contribution in [2.24, 2.45) is 14.1 Å². The van der Waals surface area contributed by atoms with E-state index in [9.17, 15) is 4.79 Å². The first kappa shape index (κ1) is 15.9. The van der Waals surface area contributed by atoms with Crippen LogP contribution in [0.15, 0.2) is 30.7 Å². The first-order chi connectivity index (χ1) is 11.5. The molecule has 0 saturated heterocycles. The van der Waals surface area contributed by atoms with Crippen molar-refractivity contribution in [3.05, 3.63) is 53.2 Å². The Morgan fingerprint density at radius 3 is 2.62 bits per heavy atom. The second kappa shape index (κ2) is 6.27. The third-order valence-corrected chi connectivity index (χ3v) is 4.10.